The van der Waals surface area contributed by atoms with Crippen LogP contribution in [0, 0.1) is 142 Å². The van der Waals surface area contributed by atoms with Gasteiger partial charge in [-0.3, -0.25) is 28.2 Å². The zero-order valence-corrected chi connectivity index (χ0v) is 84.5. The van der Waals surface area contributed by atoms with Gasteiger partial charge in [-0.05, 0) is 168 Å². The van der Waals surface area contributed by atoms with Gasteiger partial charge in [-0.15, -0.1) is 6.42 Å². The quantitative estimate of drug-likeness (QED) is 0.0979. The average molecular weight is 1860 g/mol. The van der Waals surface area contributed by atoms with Crippen LogP contribution < -0.4 is 0 Å². The van der Waals surface area contributed by atoms with E-state index in [-0.39, 0.29) is 138 Å². The van der Waals surface area contributed by atoms with Gasteiger partial charge in [0.15, 0.2) is 34.7 Å². The molecule has 0 saturated heterocycles. The lowest BCUT2D eigenvalue weighted by Gasteiger charge is -2.49. The fourth-order valence-electron chi connectivity index (χ4n) is 27.3. The number of ketones is 6. The topological polar surface area (TPSA) is 273 Å². The Morgan fingerprint density at radius 3 is 1.29 bits per heavy atom. The highest BCUT2D eigenvalue weighted by Gasteiger charge is 2.61. The van der Waals surface area contributed by atoms with Crippen molar-refractivity contribution in [2.24, 2.45) is 104 Å². The summed E-state index contributed by atoms with van der Waals surface area (Å²) < 4.78 is 10.6. The zero-order valence-electron chi connectivity index (χ0n) is 84.5. The second kappa shape index (κ2) is 35.1. The molecule has 0 spiro atoms. The first kappa shape index (κ1) is 99.4. The summed E-state index contributed by atoms with van der Waals surface area (Å²) in [4.78, 5) is 109. The molecule has 26 nitrogen and oxygen atoms in total. The molecule has 12 aliphatic carbocycles. The van der Waals surface area contributed by atoms with Crippen molar-refractivity contribution in [3.05, 3.63) is 308 Å². The SMILES string of the molecule is [C-]#[N+]C1=C[C@]2(C)c3c(c(C)nn3C)CC[C@H]2[C@H](C)C1=O.[C-]#[N+]C1=C[C@]2(C)c3nn(C(=O)c4ccccc4)cc3CC[C@H]2C(C)(C)C1=O.[C-]#[N+]C1=C[C@]2(C)c3nn(C)c(-c4cccc(C)c4)c3CC[C@H]2[C@H](C)C1=O.[C-]#[N+]C1=C[C@]2(C)c3nn(C)c(C#C)c3CC[C@H]2C(C)(C)C1=O.[C-]#[N+]C1=C[C@]2(C)c3nn(C)c(C(=C)O)c3CC[C@H]2C(C)(C)C1=O.[C-]#[N+]C1=C[C@]2(C)c3nn(C)c(C)c3CC[C@H]2C(C)(C)C1=O. The van der Waals surface area contributed by atoms with Crippen molar-refractivity contribution in [3.8, 4) is 23.6 Å². The summed E-state index contributed by atoms with van der Waals surface area (Å²) in [6, 6.07) is 17.6. The highest BCUT2D eigenvalue weighted by atomic mass is 16.3. The number of carbonyl (C=O) groups is 7. The van der Waals surface area contributed by atoms with Gasteiger partial charge in [-0.2, -0.15) is 30.6 Å². The van der Waals surface area contributed by atoms with Gasteiger partial charge in [0.25, 0.3) is 5.91 Å². The van der Waals surface area contributed by atoms with Gasteiger partial charge in [-0.1, -0.05) is 202 Å². The number of aromatic nitrogens is 12. The number of aryl methyl sites for hydroxylation is 8. The Hall–Kier alpha value is -14.1. The molecule has 714 valence electrons. The number of allylic oxidation sites excluding steroid dienone is 12. The largest absolute Gasteiger partial charge is 0.506 e. The van der Waals surface area contributed by atoms with Crippen LogP contribution in [0.1, 0.15) is 256 Å². The third-order valence-corrected chi connectivity index (χ3v) is 34.3. The number of benzene rings is 2. The maximum Gasteiger partial charge on any atom is 0.278 e. The molecular weight excluding hydrogens is 1740 g/mol. The fraction of sp³-hybridized carbons (Fsp3) is 0.478. The Balaban J connectivity index is 0.000000127. The zero-order chi connectivity index (χ0) is 102. The molecule has 26 heteroatoms. The van der Waals surface area contributed by atoms with Crippen molar-refractivity contribution in [3.63, 3.8) is 0 Å². The summed E-state index contributed by atoms with van der Waals surface area (Å²) >= 11 is 0. The third kappa shape index (κ3) is 15.4. The molecule has 0 bridgehead atoms. The van der Waals surface area contributed by atoms with Crippen LogP contribution in [0.5, 0.6) is 0 Å². The summed E-state index contributed by atoms with van der Waals surface area (Å²) in [5, 5.41) is 38.0. The first-order valence-corrected chi connectivity index (χ1v) is 47.9. The predicted octanol–water partition coefficient (Wildman–Crippen LogP) is 19.4. The van der Waals surface area contributed by atoms with E-state index in [1.54, 1.807) is 46.9 Å². The molecule has 8 aromatic rings. The third-order valence-electron chi connectivity index (χ3n) is 34.3. The van der Waals surface area contributed by atoms with Crippen LogP contribution >= 0.6 is 0 Å². The first-order valence-electron chi connectivity index (χ1n) is 47.9. The molecule has 0 fully saturated rings. The van der Waals surface area contributed by atoms with Crippen LogP contribution in [0.25, 0.3) is 46.1 Å². The Morgan fingerprint density at radius 1 is 0.432 bits per heavy atom. The van der Waals surface area contributed by atoms with Gasteiger partial charge in [0.2, 0.25) is 34.2 Å². The normalized spacial score (nSPS) is 28.6. The summed E-state index contributed by atoms with van der Waals surface area (Å²) in [6.45, 7) is 86.1. The maximum absolute atomic E-state index is 12.8. The molecule has 0 aliphatic heterocycles. The van der Waals surface area contributed by atoms with Gasteiger partial charge in [-0.25, -0.2) is 33.8 Å². The number of terminal acetylenes is 1. The molecule has 6 aromatic heterocycles. The maximum atomic E-state index is 12.8. The van der Waals surface area contributed by atoms with Crippen LogP contribution in [0.4, 0.5) is 0 Å². The highest BCUT2D eigenvalue weighted by molar-refractivity contribution is 6.06. The van der Waals surface area contributed by atoms with Crippen LogP contribution in [0.3, 0.4) is 0 Å². The van der Waals surface area contributed by atoms with E-state index in [1.165, 1.54) is 43.9 Å². The Bertz CT molecular complexity index is 7190. The van der Waals surface area contributed by atoms with E-state index in [9.17, 15) is 38.7 Å². The number of hydrogen-bond acceptors (Lipinski definition) is 14. The Kier molecular flexibility index (Phi) is 25.1. The lowest BCUT2D eigenvalue weighted by molar-refractivity contribution is -0.129. The van der Waals surface area contributed by atoms with E-state index >= 15 is 0 Å². The molecule has 0 amide bonds. The van der Waals surface area contributed by atoms with E-state index in [0.717, 1.165) is 139 Å². The number of fused-ring (bicyclic) bond motifs is 18. The van der Waals surface area contributed by atoms with Crippen molar-refractivity contribution in [1.29, 1.82) is 0 Å². The Morgan fingerprint density at radius 2 is 0.820 bits per heavy atom. The van der Waals surface area contributed by atoms with Crippen LogP contribution in [-0.4, -0.2) is 104 Å². The lowest BCUT2D eigenvalue weighted by atomic mass is 9.53. The average Bonchev–Trinajstić information content (AvgIpc) is 1.70. The molecule has 2 aromatic carbocycles. The molecule has 139 heavy (non-hydrogen) atoms. The number of rotatable bonds is 3. The van der Waals surface area contributed by atoms with E-state index in [4.69, 9.17) is 56.1 Å². The first-order chi connectivity index (χ1) is 65.2. The minimum absolute atomic E-state index is 0.00354. The smallest absolute Gasteiger partial charge is 0.278 e. The number of carbonyl (C=O) groups excluding carboxylic acids is 7. The number of Topliss-reactive ketones (excluding diaryl/α,β-unsaturated/α-hetero) is 6. The minimum atomic E-state index is -0.631. The second-order valence-corrected chi connectivity index (χ2v) is 43.8. The van der Waals surface area contributed by atoms with Crippen LogP contribution in [-0.2, 0) is 135 Å². The standard InChI is InChI=1S/C22H21N3O2.C22H23N3O.C18H21N3O2.C18H19N3O.C17H21N3O.C16H19N3O/c1-21(2)17-11-10-15-13-25(20(27)14-8-6-5-7-9-14)24-18(15)22(17,3)12-16(23-4)19(21)26;1-13-7-6-8-15(11-13)19-16-9-10-17-14(2)20(26)18(23-4)12-22(17,3)21(16)24-25(19)5;1-10(22)14-11-7-8-13-17(2,3)16(23)12(19-5)9-18(13,4)15(11)20-21(14)6;1-7-13-11-8-9-14-17(2,3)16(22)12(19-5)10-18(14,4)15(11)20-21(13)6;1-10-11-7-8-13-16(2,3)15(21)12(18-5)9-17(13,4)14(11)19-20(10)6;1-9-12-7-6-11-10(2)18-19(5)15(11)16(12,3)8-13(17-4)14(9)20/h5-9,12-13,17H,10-11H2,1-3H3;6-8,11-12,14,17H,9-10H2,1-3,5H3;9,13,22H,1,7-8H2,2-4,6H3;1,10,14H,8-9H2,2-4,6H3;9,13H,7-8H2,1-4,6H3;8-9,12H,6-7H2,1-3,5H3/t17-,22-;14-,17-,22-;13-,18-;14-,18-;13-,17-;9-,12-,16-/m000000/s1. The van der Waals surface area contributed by atoms with Gasteiger partial charge in [0.1, 0.15) is 17.1 Å². The van der Waals surface area contributed by atoms with Crippen LogP contribution in [0.15, 0.2) is 138 Å². The monoisotopic (exact) mass is 1860 g/mol. The molecular formula is C113H124N18O8. The molecule has 20 rings (SSSR count). The van der Waals surface area contributed by atoms with Gasteiger partial charge in [0, 0.05) is 141 Å². The van der Waals surface area contributed by atoms with E-state index in [2.05, 4.69) is 128 Å². The number of nitrogens with zero attached hydrogens (tertiary/aromatic N) is 18. The second-order valence-electron chi connectivity index (χ2n) is 43.8. The van der Waals surface area contributed by atoms with Crippen LogP contribution in [0.2, 0.25) is 0 Å². The molecule has 1 N–H and O–H groups in total. The molecule has 0 radical (unpaired) electrons. The van der Waals surface area contributed by atoms with Crippen molar-refractivity contribution in [2.75, 3.05) is 0 Å². The van der Waals surface area contributed by atoms with Crippen molar-refractivity contribution in [2.45, 2.75) is 241 Å². The summed E-state index contributed by atoms with van der Waals surface area (Å²) in [5.41, 5.74) is 17.4. The lowest BCUT2D eigenvalue weighted by Crippen LogP contribution is -2.51. The number of hydrogen-bond donors (Lipinski definition) is 1. The van der Waals surface area contributed by atoms with Gasteiger partial charge < -0.3 is 33.9 Å². The van der Waals surface area contributed by atoms with Gasteiger partial charge in [0.05, 0.1) is 85.0 Å². The fourth-order valence-corrected chi connectivity index (χ4v) is 27.3. The van der Waals surface area contributed by atoms with E-state index in [1.807, 2.05) is 175 Å². The van der Waals surface area contributed by atoms with E-state index in [0.29, 0.717) is 17.0 Å². The van der Waals surface area contributed by atoms with E-state index < -0.39 is 37.9 Å². The summed E-state index contributed by atoms with van der Waals surface area (Å²) in [6.07, 6.45) is 29.1. The Labute approximate surface area is 815 Å². The molecule has 6 heterocycles. The van der Waals surface area contributed by atoms with Crippen molar-refractivity contribution >= 4 is 46.4 Å². The van der Waals surface area contributed by atoms with Gasteiger partial charge >= 0.3 is 0 Å². The molecule has 12 aliphatic rings. The molecule has 0 unspecified atom stereocenters. The predicted molar refractivity (Wildman–Crippen MR) is 530 cm³/mol. The number of aliphatic hydroxyl groups is 1. The summed E-state index contributed by atoms with van der Waals surface area (Å²) in [5.74, 6) is 3.00. The number of aliphatic hydroxyl groups excluding tert-OH is 1. The van der Waals surface area contributed by atoms with Crippen molar-refractivity contribution in [1.82, 2.24) is 58.7 Å². The highest BCUT2D eigenvalue weighted by Crippen LogP contribution is 2.61. The molecule has 14 atom stereocenters. The summed E-state index contributed by atoms with van der Waals surface area (Å²) in [7, 11) is 9.55. The van der Waals surface area contributed by atoms with Crippen molar-refractivity contribution < 1.29 is 38.7 Å². The molecule has 0 saturated carbocycles. The minimum Gasteiger partial charge on any atom is -0.506 e.